The molecule has 0 aliphatic carbocycles. The van der Waals surface area contributed by atoms with E-state index in [0.717, 1.165) is 25.3 Å². The largest absolute Gasteiger partial charge is 0.368 e. The van der Waals surface area contributed by atoms with E-state index in [1.807, 2.05) is 0 Å². The number of aromatic nitrogens is 5. The normalized spacial score (nSPS) is 17.8. The van der Waals surface area contributed by atoms with Gasteiger partial charge in [-0.1, -0.05) is 16.9 Å². The number of thioether (sulfide) groups is 1. The molecule has 0 unspecified atom stereocenters. The number of hydrogen-bond donors (Lipinski definition) is 2. The number of carbonyl (C=O) groups is 1. The second kappa shape index (κ2) is 6.88. The Morgan fingerprint density at radius 1 is 1.50 bits per heavy atom. The van der Waals surface area contributed by atoms with E-state index in [2.05, 4.69) is 30.6 Å². The van der Waals surface area contributed by atoms with Gasteiger partial charge < -0.3 is 14.6 Å². The second-order valence-electron chi connectivity index (χ2n) is 4.82. The first-order chi connectivity index (χ1) is 10.7. The van der Waals surface area contributed by atoms with E-state index >= 15 is 0 Å². The summed E-state index contributed by atoms with van der Waals surface area (Å²) in [5.41, 5.74) is 0. The van der Waals surface area contributed by atoms with Gasteiger partial charge in [-0.15, -0.1) is 5.10 Å². The van der Waals surface area contributed by atoms with Crippen molar-refractivity contribution in [3.63, 3.8) is 0 Å². The summed E-state index contributed by atoms with van der Waals surface area (Å²) in [7, 11) is 0. The van der Waals surface area contributed by atoms with Gasteiger partial charge in [0.2, 0.25) is 11.1 Å². The number of H-pyrrole nitrogens is 1. The van der Waals surface area contributed by atoms with Crippen molar-refractivity contribution >= 4 is 17.7 Å². The fourth-order valence-electron chi connectivity index (χ4n) is 1.99. The van der Waals surface area contributed by atoms with Crippen molar-refractivity contribution in [2.24, 2.45) is 0 Å². The molecule has 0 spiro atoms. The number of rotatable bonds is 6. The number of amides is 1. The molecule has 3 heterocycles. The van der Waals surface area contributed by atoms with Crippen LogP contribution in [-0.2, 0) is 16.1 Å². The Bertz CT molecular complexity index is 636. The molecule has 0 bridgehead atoms. The number of ether oxygens (including phenoxy) is 1. The van der Waals surface area contributed by atoms with Crippen molar-refractivity contribution in [2.75, 3.05) is 12.4 Å². The van der Waals surface area contributed by atoms with E-state index in [1.54, 1.807) is 6.92 Å². The summed E-state index contributed by atoms with van der Waals surface area (Å²) in [6.45, 7) is 2.75. The number of nitrogens with zero attached hydrogens (tertiary/aromatic N) is 4. The summed E-state index contributed by atoms with van der Waals surface area (Å²) in [6.07, 6.45) is 1.78. The van der Waals surface area contributed by atoms with Crippen molar-refractivity contribution < 1.29 is 14.1 Å². The lowest BCUT2D eigenvalue weighted by atomic mass is 10.2. The average molecular weight is 324 g/mol. The van der Waals surface area contributed by atoms with E-state index < -0.39 is 0 Å². The fraction of sp³-hybridized carbons (Fsp3) is 0.583. The zero-order valence-electron chi connectivity index (χ0n) is 12.0. The summed E-state index contributed by atoms with van der Waals surface area (Å²) in [6, 6.07) is 0. The van der Waals surface area contributed by atoms with E-state index in [1.165, 1.54) is 11.8 Å². The summed E-state index contributed by atoms with van der Waals surface area (Å²) in [5.74, 6) is 1.73. The zero-order chi connectivity index (χ0) is 15.4. The Morgan fingerprint density at radius 2 is 2.41 bits per heavy atom. The maximum Gasteiger partial charge on any atom is 0.255 e. The zero-order valence-corrected chi connectivity index (χ0v) is 12.9. The first-order valence-electron chi connectivity index (χ1n) is 6.93. The quantitative estimate of drug-likeness (QED) is 0.747. The molecule has 1 atom stereocenters. The molecule has 0 radical (unpaired) electrons. The molecule has 0 saturated carbocycles. The monoisotopic (exact) mass is 324 g/mol. The molecule has 22 heavy (non-hydrogen) atoms. The number of nitrogens with one attached hydrogen (secondary N) is 2. The van der Waals surface area contributed by atoms with Gasteiger partial charge in [0.25, 0.3) is 5.89 Å². The third-order valence-corrected chi connectivity index (χ3v) is 3.89. The van der Waals surface area contributed by atoms with Gasteiger partial charge in [-0.05, 0) is 19.8 Å². The second-order valence-corrected chi connectivity index (χ2v) is 5.76. The van der Waals surface area contributed by atoms with Gasteiger partial charge in [0.1, 0.15) is 11.9 Å². The minimum absolute atomic E-state index is 0.110. The minimum Gasteiger partial charge on any atom is -0.368 e. The van der Waals surface area contributed by atoms with Crippen LogP contribution in [0.1, 0.15) is 36.5 Å². The molecule has 3 rings (SSSR count). The highest BCUT2D eigenvalue weighted by atomic mass is 32.2. The molecule has 1 saturated heterocycles. The molecule has 2 aromatic rings. The van der Waals surface area contributed by atoms with E-state index in [0.29, 0.717) is 16.9 Å². The van der Waals surface area contributed by atoms with E-state index in [-0.39, 0.29) is 24.3 Å². The van der Waals surface area contributed by atoms with Crippen LogP contribution in [0.15, 0.2) is 9.68 Å². The van der Waals surface area contributed by atoms with Crippen molar-refractivity contribution in [2.45, 2.75) is 37.6 Å². The third-order valence-electron chi connectivity index (χ3n) is 3.04. The number of carbonyl (C=O) groups excluding carboxylic acids is 1. The lowest BCUT2D eigenvalue weighted by Crippen LogP contribution is -2.25. The number of hydrogen-bond acceptors (Lipinski definition) is 8. The highest BCUT2D eigenvalue weighted by Crippen LogP contribution is 2.26. The first kappa shape index (κ1) is 15.0. The van der Waals surface area contributed by atoms with Gasteiger partial charge in [0, 0.05) is 6.61 Å². The van der Waals surface area contributed by atoms with Crippen LogP contribution in [-0.4, -0.2) is 43.6 Å². The molecule has 10 heteroatoms. The third kappa shape index (κ3) is 3.83. The molecule has 2 aromatic heterocycles. The van der Waals surface area contributed by atoms with Crippen LogP contribution in [0.25, 0.3) is 0 Å². The first-order valence-corrected chi connectivity index (χ1v) is 7.92. The highest BCUT2D eigenvalue weighted by Gasteiger charge is 2.23. The Kier molecular flexibility index (Phi) is 4.68. The predicted octanol–water partition coefficient (Wildman–Crippen LogP) is 0.756. The maximum atomic E-state index is 11.8. The van der Waals surface area contributed by atoms with Crippen LogP contribution in [0.2, 0.25) is 0 Å². The van der Waals surface area contributed by atoms with Gasteiger partial charge in [-0.2, -0.15) is 4.98 Å². The molecule has 1 fully saturated rings. The lowest BCUT2D eigenvalue weighted by Gasteiger charge is -2.01. The molecule has 118 valence electrons. The smallest absolute Gasteiger partial charge is 0.255 e. The van der Waals surface area contributed by atoms with Gasteiger partial charge in [-0.25, -0.2) is 4.98 Å². The summed E-state index contributed by atoms with van der Waals surface area (Å²) in [5, 5.41) is 13.8. The number of aryl methyl sites for hydroxylation is 1. The summed E-state index contributed by atoms with van der Waals surface area (Å²) in [4.78, 5) is 20.1. The van der Waals surface area contributed by atoms with E-state index in [9.17, 15) is 4.79 Å². The highest BCUT2D eigenvalue weighted by molar-refractivity contribution is 7.99. The fourth-order valence-corrected chi connectivity index (χ4v) is 2.66. The van der Waals surface area contributed by atoms with Gasteiger partial charge in [0.15, 0.2) is 5.82 Å². The van der Waals surface area contributed by atoms with Crippen molar-refractivity contribution in [3.05, 3.63) is 17.5 Å². The maximum absolute atomic E-state index is 11.8. The molecule has 0 aromatic carbocycles. The molecular formula is C12H16N6O3S. The van der Waals surface area contributed by atoms with Crippen LogP contribution in [0.5, 0.6) is 0 Å². The molecule has 9 nitrogen and oxygen atoms in total. The summed E-state index contributed by atoms with van der Waals surface area (Å²) >= 11 is 1.26. The van der Waals surface area contributed by atoms with Crippen molar-refractivity contribution in [3.8, 4) is 0 Å². The Hall–Kier alpha value is -1.94. The average Bonchev–Trinajstić information content (AvgIpc) is 3.23. The molecule has 1 aliphatic rings. The van der Waals surface area contributed by atoms with Crippen LogP contribution >= 0.6 is 11.8 Å². The molecule has 1 amide bonds. The Labute approximate surface area is 130 Å². The standard InChI is InChI=1S/C12H16N6O3S/c1-7-14-12(17-16-7)22-6-10(19)13-5-9-15-11(21-18-9)8-3-2-4-20-8/h8H,2-6H2,1H3,(H,13,19)(H,14,16,17)/t8-/m1/s1. The number of aromatic amines is 1. The van der Waals surface area contributed by atoms with Crippen LogP contribution < -0.4 is 5.32 Å². The van der Waals surface area contributed by atoms with Crippen molar-refractivity contribution in [1.82, 2.24) is 30.6 Å². The Morgan fingerprint density at radius 3 is 3.14 bits per heavy atom. The van der Waals surface area contributed by atoms with Gasteiger partial charge in [-0.3, -0.25) is 9.89 Å². The minimum atomic E-state index is -0.143. The van der Waals surface area contributed by atoms with Crippen LogP contribution in [0, 0.1) is 6.92 Å². The van der Waals surface area contributed by atoms with E-state index in [4.69, 9.17) is 9.26 Å². The SMILES string of the molecule is Cc1nc(SCC(=O)NCc2noc([C@H]3CCCO3)n2)n[nH]1. The van der Waals surface area contributed by atoms with Crippen molar-refractivity contribution in [1.29, 1.82) is 0 Å². The van der Waals surface area contributed by atoms with Crippen LogP contribution in [0.3, 0.4) is 0 Å². The van der Waals surface area contributed by atoms with Gasteiger partial charge in [0.05, 0.1) is 12.3 Å². The predicted molar refractivity (Wildman–Crippen MR) is 75.9 cm³/mol. The topological polar surface area (TPSA) is 119 Å². The molecule has 1 aliphatic heterocycles. The Balaban J connectivity index is 1.42. The molecular weight excluding hydrogens is 308 g/mol. The van der Waals surface area contributed by atoms with Gasteiger partial charge >= 0.3 is 0 Å². The molecule has 2 N–H and O–H groups in total. The lowest BCUT2D eigenvalue weighted by molar-refractivity contribution is -0.118. The summed E-state index contributed by atoms with van der Waals surface area (Å²) < 4.78 is 10.6. The van der Waals surface area contributed by atoms with Crippen LogP contribution in [0.4, 0.5) is 0 Å².